The van der Waals surface area contributed by atoms with E-state index in [-0.39, 0.29) is 0 Å². The molecule has 11 heavy (non-hydrogen) atoms. The molecule has 0 amide bonds. The van der Waals surface area contributed by atoms with Crippen LogP contribution >= 0.6 is 0 Å². The summed E-state index contributed by atoms with van der Waals surface area (Å²) in [6.45, 7) is 0. The number of hydrogen-bond acceptors (Lipinski definition) is 2. The van der Waals surface area contributed by atoms with Gasteiger partial charge >= 0.3 is 0 Å². The maximum atomic E-state index is 5.09. The highest BCUT2D eigenvalue weighted by Gasteiger charge is 2.00. The van der Waals surface area contributed by atoms with Crippen molar-refractivity contribution in [3.8, 4) is 5.75 Å². The van der Waals surface area contributed by atoms with Gasteiger partial charge < -0.3 is 4.74 Å². The van der Waals surface area contributed by atoms with Crippen molar-refractivity contribution in [2.24, 2.45) is 0 Å². The molecule has 55 valence electrons. The fourth-order valence-corrected chi connectivity index (χ4v) is 1.04. The molecule has 1 N–H and O–H groups in total. The molecule has 1 aromatic carbocycles. The highest BCUT2D eigenvalue weighted by atomic mass is 16.5. The van der Waals surface area contributed by atoms with Gasteiger partial charge in [-0.2, -0.15) is 5.10 Å². The van der Waals surface area contributed by atoms with Crippen LogP contribution in [-0.4, -0.2) is 17.3 Å². The van der Waals surface area contributed by atoms with E-state index in [0.29, 0.717) is 0 Å². The average Bonchev–Trinajstić information content (AvgIpc) is 2.50. The Kier molecular flexibility index (Phi) is 1.28. The standard InChI is InChI=1S/C8H7N2O/c1-11-7-4-2-3-6-5-9-10-8(6)7/h2,4-5H,1H3,(H,9,10). The zero-order valence-electron chi connectivity index (χ0n) is 6.09. The van der Waals surface area contributed by atoms with Gasteiger partial charge in [0.25, 0.3) is 0 Å². The van der Waals surface area contributed by atoms with E-state index in [1.165, 1.54) is 0 Å². The molecule has 2 aromatic rings. The van der Waals surface area contributed by atoms with Crippen LogP contribution in [0.3, 0.4) is 0 Å². The molecule has 2 rings (SSSR count). The summed E-state index contributed by atoms with van der Waals surface area (Å²) in [5, 5.41) is 7.65. The molecule has 3 nitrogen and oxygen atoms in total. The molecule has 0 bridgehead atoms. The van der Waals surface area contributed by atoms with E-state index in [0.717, 1.165) is 16.7 Å². The van der Waals surface area contributed by atoms with E-state index < -0.39 is 0 Å². The van der Waals surface area contributed by atoms with Crippen LogP contribution in [-0.2, 0) is 0 Å². The van der Waals surface area contributed by atoms with Gasteiger partial charge in [-0.25, -0.2) is 0 Å². The third-order valence-corrected chi connectivity index (χ3v) is 1.58. The Morgan fingerprint density at radius 3 is 3.36 bits per heavy atom. The molecule has 0 saturated heterocycles. The monoisotopic (exact) mass is 147 g/mol. The highest BCUT2D eigenvalue weighted by molar-refractivity contribution is 5.83. The van der Waals surface area contributed by atoms with Crippen LogP contribution in [0.15, 0.2) is 18.3 Å². The summed E-state index contributed by atoms with van der Waals surface area (Å²) in [6, 6.07) is 6.70. The van der Waals surface area contributed by atoms with Crippen LogP contribution < -0.4 is 4.74 Å². The summed E-state index contributed by atoms with van der Waals surface area (Å²) >= 11 is 0. The van der Waals surface area contributed by atoms with Crippen molar-refractivity contribution in [1.29, 1.82) is 0 Å². The fraction of sp³-hybridized carbons (Fsp3) is 0.125. The lowest BCUT2D eigenvalue weighted by Gasteiger charge is -1.98. The number of H-pyrrole nitrogens is 1. The van der Waals surface area contributed by atoms with Gasteiger partial charge in [0.15, 0.2) is 0 Å². The maximum Gasteiger partial charge on any atom is 0.144 e. The molecule has 1 radical (unpaired) electrons. The molecule has 0 atom stereocenters. The molecule has 0 spiro atoms. The van der Waals surface area contributed by atoms with E-state index in [4.69, 9.17) is 4.74 Å². The first-order valence-corrected chi connectivity index (χ1v) is 3.29. The van der Waals surface area contributed by atoms with E-state index in [1.807, 2.05) is 12.1 Å². The Balaban J connectivity index is 2.79. The molecule has 1 heterocycles. The second kappa shape index (κ2) is 2.27. The van der Waals surface area contributed by atoms with E-state index in [1.54, 1.807) is 13.3 Å². The first-order valence-electron chi connectivity index (χ1n) is 3.29. The largest absolute Gasteiger partial charge is 0.494 e. The van der Waals surface area contributed by atoms with Crippen molar-refractivity contribution in [3.05, 3.63) is 24.4 Å². The third-order valence-electron chi connectivity index (χ3n) is 1.58. The summed E-state index contributed by atoms with van der Waals surface area (Å²) in [5.41, 5.74) is 0.898. The van der Waals surface area contributed by atoms with Crippen LogP contribution in [0.2, 0.25) is 0 Å². The van der Waals surface area contributed by atoms with Crippen molar-refractivity contribution in [3.63, 3.8) is 0 Å². The van der Waals surface area contributed by atoms with Gasteiger partial charge in [-0.1, -0.05) is 0 Å². The van der Waals surface area contributed by atoms with Crippen molar-refractivity contribution in [2.75, 3.05) is 7.11 Å². The number of hydrogen-bond donors (Lipinski definition) is 1. The number of methoxy groups -OCH3 is 1. The molecule has 3 heteroatoms. The van der Waals surface area contributed by atoms with Gasteiger partial charge in [0, 0.05) is 5.39 Å². The Morgan fingerprint density at radius 1 is 1.64 bits per heavy atom. The number of fused-ring (bicyclic) bond motifs is 1. The number of rotatable bonds is 1. The molecule has 0 aliphatic carbocycles. The second-order valence-corrected chi connectivity index (χ2v) is 2.20. The number of nitrogens with one attached hydrogen (secondary N) is 1. The Bertz CT molecular complexity index is 367. The minimum absolute atomic E-state index is 0.802. The van der Waals surface area contributed by atoms with Crippen molar-refractivity contribution in [2.45, 2.75) is 0 Å². The van der Waals surface area contributed by atoms with Crippen LogP contribution in [0.25, 0.3) is 10.9 Å². The number of aromatic nitrogens is 2. The summed E-state index contributed by atoms with van der Waals surface area (Å²) in [7, 11) is 1.63. The molecule has 0 unspecified atom stereocenters. The zero-order valence-corrected chi connectivity index (χ0v) is 6.09. The van der Waals surface area contributed by atoms with Crippen molar-refractivity contribution in [1.82, 2.24) is 10.2 Å². The molecule has 0 aliphatic rings. The predicted octanol–water partition coefficient (Wildman–Crippen LogP) is 1.37. The van der Waals surface area contributed by atoms with E-state index in [2.05, 4.69) is 16.3 Å². The van der Waals surface area contributed by atoms with Crippen LogP contribution in [0.5, 0.6) is 5.75 Å². The van der Waals surface area contributed by atoms with E-state index >= 15 is 0 Å². The topological polar surface area (TPSA) is 37.9 Å². The predicted molar refractivity (Wildman–Crippen MR) is 41.5 cm³/mol. The lowest BCUT2D eigenvalue weighted by atomic mass is 10.2. The maximum absolute atomic E-state index is 5.09. The van der Waals surface area contributed by atoms with Gasteiger partial charge in [0.05, 0.1) is 13.3 Å². The summed E-state index contributed by atoms with van der Waals surface area (Å²) in [5.74, 6) is 0.802. The molecule has 1 aromatic heterocycles. The van der Waals surface area contributed by atoms with Gasteiger partial charge in [-0.3, -0.25) is 5.10 Å². The number of aromatic amines is 1. The number of ether oxygens (including phenoxy) is 1. The smallest absolute Gasteiger partial charge is 0.144 e. The van der Waals surface area contributed by atoms with Gasteiger partial charge in [0.2, 0.25) is 0 Å². The van der Waals surface area contributed by atoms with Crippen LogP contribution in [0.1, 0.15) is 0 Å². The summed E-state index contributed by atoms with van der Waals surface area (Å²) in [4.78, 5) is 0. The minimum atomic E-state index is 0.802. The Labute approximate surface area is 64.0 Å². The molecular formula is C8H7N2O. The Morgan fingerprint density at radius 2 is 2.55 bits per heavy atom. The van der Waals surface area contributed by atoms with Crippen LogP contribution in [0, 0.1) is 6.07 Å². The molecule has 0 aliphatic heterocycles. The van der Waals surface area contributed by atoms with Gasteiger partial charge in [-0.15, -0.1) is 0 Å². The number of nitrogens with zero attached hydrogens (tertiary/aromatic N) is 1. The van der Waals surface area contributed by atoms with Gasteiger partial charge in [0.1, 0.15) is 11.3 Å². The van der Waals surface area contributed by atoms with Gasteiger partial charge in [-0.05, 0) is 18.2 Å². The fourth-order valence-electron chi connectivity index (χ4n) is 1.04. The first-order chi connectivity index (χ1) is 5.42. The Hall–Kier alpha value is -1.51. The summed E-state index contributed by atoms with van der Waals surface area (Å²) in [6.07, 6.45) is 1.72. The van der Waals surface area contributed by atoms with Crippen LogP contribution in [0.4, 0.5) is 0 Å². The average molecular weight is 147 g/mol. The normalized spacial score (nSPS) is 10.3. The lowest BCUT2D eigenvalue weighted by Crippen LogP contribution is -1.83. The van der Waals surface area contributed by atoms with Crippen molar-refractivity contribution >= 4 is 10.9 Å². The molecule has 0 saturated carbocycles. The summed E-state index contributed by atoms with van der Waals surface area (Å²) < 4.78 is 5.09. The lowest BCUT2D eigenvalue weighted by molar-refractivity contribution is 0.419. The SMILES string of the molecule is COc1cc[c]c2cn[nH]c12. The second-order valence-electron chi connectivity index (χ2n) is 2.20. The zero-order chi connectivity index (χ0) is 7.68. The quantitative estimate of drug-likeness (QED) is 0.661. The minimum Gasteiger partial charge on any atom is -0.494 e. The third kappa shape index (κ3) is 0.852. The van der Waals surface area contributed by atoms with E-state index in [9.17, 15) is 0 Å². The highest BCUT2D eigenvalue weighted by Crippen LogP contribution is 2.21. The van der Waals surface area contributed by atoms with Crippen molar-refractivity contribution < 1.29 is 4.74 Å². The molecule has 0 fully saturated rings. The first kappa shape index (κ1) is 6.22. The number of benzene rings is 1. The molecular weight excluding hydrogens is 140 g/mol.